The lowest BCUT2D eigenvalue weighted by Gasteiger charge is -2.22. The lowest BCUT2D eigenvalue weighted by Crippen LogP contribution is -2.33. The van der Waals surface area contributed by atoms with E-state index in [1.165, 1.54) is 29.4 Å². The predicted octanol–water partition coefficient (Wildman–Crippen LogP) is 2.99. The van der Waals surface area contributed by atoms with Crippen molar-refractivity contribution in [2.45, 2.75) is 45.7 Å². The predicted molar refractivity (Wildman–Crippen MR) is 79.3 cm³/mol. The summed E-state index contributed by atoms with van der Waals surface area (Å²) < 4.78 is 2.13. The van der Waals surface area contributed by atoms with Gasteiger partial charge in [-0.3, -0.25) is 4.68 Å². The molecule has 1 atom stereocenters. The largest absolute Gasteiger partial charge is 0.317 e. The number of aryl methyl sites for hydroxylation is 1. The molecular weight excluding hydrogens is 234 g/mol. The molecule has 1 aromatic carbocycles. The molecule has 1 saturated carbocycles. The summed E-state index contributed by atoms with van der Waals surface area (Å²) in [5, 5.41) is 9.59. The highest BCUT2D eigenvalue weighted by atomic mass is 15.3. The minimum Gasteiger partial charge on any atom is -0.317 e. The molecule has 0 bridgehead atoms. The number of fused-ring (bicyclic) bond motifs is 1. The van der Waals surface area contributed by atoms with Gasteiger partial charge in [0, 0.05) is 18.0 Å². The van der Waals surface area contributed by atoms with Gasteiger partial charge in [-0.2, -0.15) is 5.10 Å². The van der Waals surface area contributed by atoms with Crippen LogP contribution in [0.5, 0.6) is 0 Å². The van der Waals surface area contributed by atoms with Crippen LogP contribution >= 0.6 is 0 Å². The van der Waals surface area contributed by atoms with Crippen LogP contribution < -0.4 is 5.32 Å². The van der Waals surface area contributed by atoms with Crippen molar-refractivity contribution >= 4 is 10.9 Å². The van der Waals surface area contributed by atoms with Gasteiger partial charge in [0.05, 0.1) is 11.2 Å². The highest BCUT2D eigenvalue weighted by molar-refractivity contribution is 5.82. The van der Waals surface area contributed by atoms with Gasteiger partial charge in [-0.15, -0.1) is 0 Å². The van der Waals surface area contributed by atoms with Crippen LogP contribution in [0, 0.1) is 5.41 Å². The summed E-state index contributed by atoms with van der Waals surface area (Å²) >= 11 is 0. The molecule has 3 nitrogen and oxygen atoms in total. The van der Waals surface area contributed by atoms with Crippen molar-refractivity contribution in [2.75, 3.05) is 7.05 Å². The SMILES string of the molecule is CCn1nc(CC2(C(C)NC)CC2)c2ccccc21. The first-order valence-corrected chi connectivity index (χ1v) is 7.32. The molecule has 0 aliphatic heterocycles. The highest BCUT2D eigenvalue weighted by Crippen LogP contribution is 2.51. The number of benzene rings is 1. The normalized spacial score (nSPS) is 18.7. The van der Waals surface area contributed by atoms with E-state index in [-0.39, 0.29) is 0 Å². The van der Waals surface area contributed by atoms with Gasteiger partial charge >= 0.3 is 0 Å². The molecule has 1 aliphatic carbocycles. The highest BCUT2D eigenvalue weighted by Gasteiger charge is 2.47. The second-order valence-electron chi connectivity index (χ2n) is 5.83. The maximum atomic E-state index is 4.84. The lowest BCUT2D eigenvalue weighted by atomic mass is 9.91. The van der Waals surface area contributed by atoms with Crippen molar-refractivity contribution < 1.29 is 0 Å². The minimum absolute atomic E-state index is 0.435. The molecule has 1 heterocycles. The zero-order valence-corrected chi connectivity index (χ0v) is 12.1. The van der Waals surface area contributed by atoms with E-state index in [0.717, 1.165) is 13.0 Å². The molecule has 1 fully saturated rings. The standard InChI is InChI=1S/C16H23N3/c1-4-19-15-8-6-5-7-13(15)14(18-19)11-16(9-10-16)12(2)17-3/h5-8,12,17H,4,9-11H2,1-3H3. The van der Waals surface area contributed by atoms with Crippen molar-refractivity contribution in [3.63, 3.8) is 0 Å². The Hall–Kier alpha value is -1.35. The smallest absolute Gasteiger partial charge is 0.0709 e. The number of rotatable bonds is 5. The summed E-state index contributed by atoms with van der Waals surface area (Å²) in [7, 11) is 2.06. The molecular formula is C16H23N3. The topological polar surface area (TPSA) is 29.9 Å². The van der Waals surface area contributed by atoms with Gasteiger partial charge in [0.25, 0.3) is 0 Å². The van der Waals surface area contributed by atoms with Crippen molar-refractivity contribution in [2.24, 2.45) is 5.41 Å². The average molecular weight is 257 g/mol. The Morgan fingerprint density at radius 2 is 2.11 bits per heavy atom. The Balaban J connectivity index is 1.98. The first-order chi connectivity index (χ1) is 9.20. The third-order valence-corrected chi connectivity index (χ3v) is 4.80. The van der Waals surface area contributed by atoms with Crippen molar-refractivity contribution in [1.29, 1.82) is 0 Å². The van der Waals surface area contributed by atoms with Crippen LogP contribution in [0.25, 0.3) is 10.9 Å². The van der Waals surface area contributed by atoms with E-state index < -0.39 is 0 Å². The van der Waals surface area contributed by atoms with Gasteiger partial charge in [-0.05, 0) is 51.6 Å². The van der Waals surface area contributed by atoms with Crippen molar-refractivity contribution in [3.05, 3.63) is 30.0 Å². The zero-order chi connectivity index (χ0) is 13.5. The van der Waals surface area contributed by atoms with E-state index >= 15 is 0 Å². The van der Waals surface area contributed by atoms with Gasteiger partial charge in [0.15, 0.2) is 0 Å². The second kappa shape index (κ2) is 4.64. The van der Waals surface area contributed by atoms with Crippen LogP contribution in [-0.2, 0) is 13.0 Å². The summed E-state index contributed by atoms with van der Waals surface area (Å²) in [6, 6.07) is 9.18. The van der Waals surface area contributed by atoms with E-state index in [2.05, 4.69) is 55.2 Å². The summed E-state index contributed by atoms with van der Waals surface area (Å²) in [6.45, 7) is 5.40. The van der Waals surface area contributed by atoms with Crippen molar-refractivity contribution in [1.82, 2.24) is 15.1 Å². The Morgan fingerprint density at radius 1 is 1.37 bits per heavy atom. The van der Waals surface area contributed by atoms with E-state index in [4.69, 9.17) is 5.10 Å². The molecule has 2 aromatic rings. The van der Waals surface area contributed by atoms with Crippen LogP contribution in [0.1, 0.15) is 32.4 Å². The maximum Gasteiger partial charge on any atom is 0.0709 e. The van der Waals surface area contributed by atoms with E-state index in [0.29, 0.717) is 11.5 Å². The quantitative estimate of drug-likeness (QED) is 0.892. The van der Waals surface area contributed by atoms with Gasteiger partial charge in [-0.1, -0.05) is 18.2 Å². The van der Waals surface area contributed by atoms with Gasteiger partial charge in [0.1, 0.15) is 0 Å². The van der Waals surface area contributed by atoms with Gasteiger partial charge < -0.3 is 5.32 Å². The molecule has 19 heavy (non-hydrogen) atoms. The van der Waals surface area contributed by atoms with E-state index in [1.807, 2.05) is 0 Å². The van der Waals surface area contributed by atoms with E-state index in [9.17, 15) is 0 Å². The summed E-state index contributed by atoms with van der Waals surface area (Å²) in [5.74, 6) is 0. The Bertz CT molecular complexity index is 581. The number of hydrogen-bond acceptors (Lipinski definition) is 2. The first-order valence-electron chi connectivity index (χ1n) is 7.32. The Labute approximate surface area is 115 Å². The molecule has 3 heteroatoms. The molecule has 3 rings (SSSR count). The average Bonchev–Trinajstić information content (AvgIpc) is 3.15. The van der Waals surface area contributed by atoms with E-state index in [1.54, 1.807) is 0 Å². The maximum absolute atomic E-state index is 4.84. The van der Waals surface area contributed by atoms with Crippen LogP contribution in [0.15, 0.2) is 24.3 Å². The lowest BCUT2D eigenvalue weighted by molar-refractivity contribution is 0.366. The molecule has 0 radical (unpaired) electrons. The fourth-order valence-electron chi connectivity index (χ4n) is 3.13. The van der Waals surface area contributed by atoms with Gasteiger partial charge in [0.2, 0.25) is 0 Å². The Kier molecular flexibility index (Phi) is 3.09. The fourth-order valence-corrected chi connectivity index (χ4v) is 3.13. The number of nitrogens with one attached hydrogen (secondary N) is 1. The van der Waals surface area contributed by atoms with Gasteiger partial charge in [-0.25, -0.2) is 0 Å². The molecule has 102 valence electrons. The third kappa shape index (κ3) is 2.06. The first kappa shape index (κ1) is 12.7. The second-order valence-corrected chi connectivity index (χ2v) is 5.83. The fraction of sp³-hybridized carbons (Fsp3) is 0.562. The van der Waals surface area contributed by atoms with Crippen LogP contribution in [0.2, 0.25) is 0 Å². The summed E-state index contributed by atoms with van der Waals surface area (Å²) in [5.41, 5.74) is 2.98. The molecule has 1 unspecified atom stereocenters. The number of para-hydroxylation sites is 1. The molecule has 1 N–H and O–H groups in total. The minimum atomic E-state index is 0.435. The molecule has 1 aromatic heterocycles. The van der Waals surface area contributed by atoms with Crippen LogP contribution in [0.4, 0.5) is 0 Å². The van der Waals surface area contributed by atoms with Crippen LogP contribution in [-0.4, -0.2) is 22.9 Å². The monoisotopic (exact) mass is 257 g/mol. The third-order valence-electron chi connectivity index (χ3n) is 4.80. The summed E-state index contributed by atoms with van der Waals surface area (Å²) in [6.07, 6.45) is 3.74. The van der Waals surface area contributed by atoms with Crippen molar-refractivity contribution in [3.8, 4) is 0 Å². The zero-order valence-electron chi connectivity index (χ0n) is 12.1. The summed E-state index contributed by atoms with van der Waals surface area (Å²) in [4.78, 5) is 0. The van der Waals surface area contributed by atoms with Crippen LogP contribution in [0.3, 0.4) is 0 Å². The molecule has 0 amide bonds. The Morgan fingerprint density at radius 3 is 2.74 bits per heavy atom. The molecule has 1 aliphatic rings. The number of aromatic nitrogens is 2. The number of nitrogens with zero attached hydrogens (tertiary/aromatic N) is 2. The molecule has 0 spiro atoms. The number of hydrogen-bond donors (Lipinski definition) is 1. The molecule has 0 saturated heterocycles.